The van der Waals surface area contributed by atoms with E-state index in [0.717, 1.165) is 24.5 Å². The molecule has 0 spiro atoms. The molecule has 1 heterocycles. The Hall–Kier alpha value is -0.630. The first-order valence-corrected chi connectivity index (χ1v) is 4.64. The van der Waals surface area contributed by atoms with Crippen molar-refractivity contribution in [3.05, 3.63) is 22.5 Å². The molecule has 1 atom stereocenters. The van der Waals surface area contributed by atoms with Crippen LogP contribution in [-0.4, -0.2) is 10.2 Å². The predicted molar refractivity (Wildman–Crippen MR) is 48.2 cm³/mol. The molecule has 0 fully saturated rings. The Morgan fingerprint density at radius 2 is 2.33 bits per heavy atom. The van der Waals surface area contributed by atoms with Gasteiger partial charge in [0.25, 0.3) is 0 Å². The molecule has 2 nitrogen and oxygen atoms in total. The van der Waals surface area contributed by atoms with Crippen LogP contribution < -0.4 is 0 Å². The van der Waals surface area contributed by atoms with Crippen LogP contribution in [0.2, 0.25) is 5.15 Å². The summed E-state index contributed by atoms with van der Waals surface area (Å²) in [5, 5.41) is 8.45. The van der Waals surface area contributed by atoms with Crippen LogP contribution >= 0.6 is 11.6 Å². The van der Waals surface area contributed by atoms with Crippen LogP contribution in [0.1, 0.15) is 24.6 Å². The van der Waals surface area contributed by atoms with Gasteiger partial charge in [-0.2, -0.15) is 5.10 Å². The van der Waals surface area contributed by atoms with E-state index >= 15 is 0 Å². The molecule has 0 radical (unpaired) electrons. The summed E-state index contributed by atoms with van der Waals surface area (Å²) < 4.78 is 0. The third-order valence-electron chi connectivity index (χ3n) is 2.38. The summed E-state index contributed by atoms with van der Waals surface area (Å²) >= 11 is 5.74. The minimum absolute atomic E-state index is 0.517. The summed E-state index contributed by atoms with van der Waals surface area (Å²) in [6, 6.07) is 1.94. The minimum atomic E-state index is 0.517. The summed E-state index contributed by atoms with van der Waals surface area (Å²) in [5.74, 6) is 0.743. The summed E-state index contributed by atoms with van der Waals surface area (Å²) in [5.41, 5.74) is 2.42. The van der Waals surface area contributed by atoms with Crippen LogP contribution in [0.15, 0.2) is 6.07 Å². The molecular weight excluding hydrogens is 172 g/mol. The van der Waals surface area contributed by atoms with Gasteiger partial charge in [-0.25, -0.2) is 0 Å². The number of hydrogen-bond acceptors (Lipinski definition) is 2. The Labute approximate surface area is 77.0 Å². The van der Waals surface area contributed by atoms with Gasteiger partial charge in [0.15, 0.2) is 5.15 Å². The molecule has 1 aromatic heterocycles. The van der Waals surface area contributed by atoms with Crippen molar-refractivity contribution in [2.75, 3.05) is 0 Å². The zero-order valence-corrected chi connectivity index (χ0v) is 7.80. The van der Waals surface area contributed by atoms with Gasteiger partial charge in [-0.15, -0.1) is 5.10 Å². The number of hydrogen-bond donors (Lipinski definition) is 0. The number of halogens is 1. The Bertz CT molecular complexity index is 299. The van der Waals surface area contributed by atoms with Crippen LogP contribution in [0.4, 0.5) is 0 Å². The molecule has 2 rings (SSSR count). The first-order chi connectivity index (χ1) is 5.75. The Morgan fingerprint density at radius 3 is 3.17 bits per heavy atom. The molecule has 1 aliphatic carbocycles. The van der Waals surface area contributed by atoms with Crippen LogP contribution in [0.25, 0.3) is 0 Å². The van der Waals surface area contributed by atoms with Crippen molar-refractivity contribution in [2.24, 2.45) is 5.92 Å². The lowest BCUT2D eigenvalue weighted by atomic mass is 9.89. The van der Waals surface area contributed by atoms with Crippen molar-refractivity contribution in [1.82, 2.24) is 10.2 Å². The van der Waals surface area contributed by atoms with Crippen LogP contribution in [0.5, 0.6) is 0 Å². The van der Waals surface area contributed by atoms with E-state index in [9.17, 15) is 0 Å². The van der Waals surface area contributed by atoms with E-state index in [1.807, 2.05) is 6.07 Å². The van der Waals surface area contributed by atoms with E-state index in [4.69, 9.17) is 11.6 Å². The molecule has 3 heteroatoms. The lowest BCUT2D eigenvalue weighted by Gasteiger charge is -2.19. The second-order valence-corrected chi connectivity index (χ2v) is 3.87. The molecule has 0 bridgehead atoms. The summed E-state index contributed by atoms with van der Waals surface area (Å²) in [6.45, 7) is 2.25. The summed E-state index contributed by atoms with van der Waals surface area (Å²) in [6.07, 6.45) is 3.40. The Morgan fingerprint density at radius 1 is 1.50 bits per heavy atom. The van der Waals surface area contributed by atoms with Crippen molar-refractivity contribution >= 4 is 11.6 Å². The van der Waals surface area contributed by atoms with Gasteiger partial charge in [0.2, 0.25) is 0 Å². The highest BCUT2D eigenvalue weighted by Gasteiger charge is 2.16. The Balaban J connectivity index is 2.37. The highest BCUT2D eigenvalue weighted by molar-refractivity contribution is 6.29. The number of fused-ring (bicyclic) bond motifs is 1. The van der Waals surface area contributed by atoms with Gasteiger partial charge in [-0.05, 0) is 36.8 Å². The van der Waals surface area contributed by atoms with Crippen molar-refractivity contribution in [3.63, 3.8) is 0 Å². The van der Waals surface area contributed by atoms with Gasteiger partial charge in [0, 0.05) is 0 Å². The molecule has 0 aromatic carbocycles. The standard InChI is InChI=1S/C9H11ClN2/c1-6-2-3-7-5-9(10)12-11-8(7)4-6/h5-6H,2-4H2,1H3/t6-/m1/s1. The Kier molecular flexibility index (Phi) is 2.01. The highest BCUT2D eigenvalue weighted by atomic mass is 35.5. The number of aryl methyl sites for hydroxylation is 1. The zero-order chi connectivity index (χ0) is 8.55. The minimum Gasteiger partial charge on any atom is -0.154 e. The maximum absolute atomic E-state index is 5.74. The number of aromatic nitrogens is 2. The molecule has 1 aliphatic rings. The lowest BCUT2D eigenvalue weighted by molar-refractivity contribution is 0.487. The average Bonchev–Trinajstić information content (AvgIpc) is 2.05. The average molecular weight is 183 g/mol. The maximum Gasteiger partial charge on any atom is 0.152 e. The highest BCUT2D eigenvalue weighted by Crippen LogP contribution is 2.24. The van der Waals surface area contributed by atoms with Crippen molar-refractivity contribution < 1.29 is 0 Å². The SMILES string of the molecule is C[C@@H]1CCc2cc(Cl)nnc2C1. The van der Waals surface area contributed by atoms with Gasteiger partial charge in [0.05, 0.1) is 5.69 Å². The topological polar surface area (TPSA) is 25.8 Å². The summed E-state index contributed by atoms with van der Waals surface area (Å²) in [4.78, 5) is 0. The molecule has 0 saturated carbocycles. The normalized spacial score (nSPS) is 22.0. The van der Waals surface area contributed by atoms with Gasteiger partial charge in [0.1, 0.15) is 0 Å². The van der Waals surface area contributed by atoms with Gasteiger partial charge in [-0.1, -0.05) is 18.5 Å². The lowest BCUT2D eigenvalue weighted by Crippen LogP contribution is -2.13. The molecule has 1 aromatic rings. The molecule has 0 N–H and O–H groups in total. The smallest absolute Gasteiger partial charge is 0.152 e. The number of nitrogens with zero attached hydrogens (tertiary/aromatic N) is 2. The maximum atomic E-state index is 5.74. The fourth-order valence-corrected chi connectivity index (χ4v) is 1.82. The third kappa shape index (κ3) is 1.44. The van der Waals surface area contributed by atoms with Crippen molar-refractivity contribution in [1.29, 1.82) is 0 Å². The van der Waals surface area contributed by atoms with E-state index in [1.54, 1.807) is 0 Å². The molecule has 0 aliphatic heterocycles. The van der Waals surface area contributed by atoms with Gasteiger partial charge in [-0.3, -0.25) is 0 Å². The van der Waals surface area contributed by atoms with Crippen LogP contribution in [0.3, 0.4) is 0 Å². The van der Waals surface area contributed by atoms with E-state index in [0.29, 0.717) is 5.15 Å². The number of rotatable bonds is 0. The predicted octanol–water partition coefficient (Wildman–Crippen LogP) is 2.25. The van der Waals surface area contributed by atoms with Crippen LogP contribution in [0, 0.1) is 5.92 Å². The van der Waals surface area contributed by atoms with Crippen molar-refractivity contribution in [3.8, 4) is 0 Å². The van der Waals surface area contributed by atoms with E-state index in [2.05, 4.69) is 17.1 Å². The fourth-order valence-electron chi connectivity index (χ4n) is 1.65. The first kappa shape index (κ1) is 7.99. The fraction of sp³-hybridized carbons (Fsp3) is 0.556. The molecular formula is C9H11ClN2. The first-order valence-electron chi connectivity index (χ1n) is 4.26. The molecule has 0 amide bonds. The van der Waals surface area contributed by atoms with E-state index in [1.165, 1.54) is 12.0 Å². The molecule has 12 heavy (non-hydrogen) atoms. The van der Waals surface area contributed by atoms with Crippen LogP contribution in [-0.2, 0) is 12.8 Å². The second-order valence-electron chi connectivity index (χ2n) is 3.49. The van der Waals surface area contributed by atoms with Gasteiger partial charge < -0.3 is 0 Å². The zero-order valence-electron chi connectivity index (χ0n) is 7.05. The quantitative estimate of drug-likeness (QED) is 0.615. The largest absolute Gasteiger partial charge is 0.154 e. The monoisotopic (exact) mass is 182 g/mol. The molecule has 0 saturated heterocycles. The second kappa shape index (κ2) is 3.02. The van der Waals surface area contributed by atoms with Gasteiger partial charge >= 0.3 is 0 Å². The summed E-state index contributed by atoms with van der Waals surface area (Å²) in [7, 11) is 0. The van der Waals surface area contributed by atoms with E-state index in [-0.39, 0.29) is 0 Å². The molecule has 0 unspecified atom stereocenters. The van der Waals surface area contributed by atoms with Crippen molar-refractivity contribution in [2.45, 2.75) is 26.2 Å². The molecule has 64 valence electrons. The third-order valence-corrected chi connectivity index (χ3v) is 2.56. The van der Waals surface area contributed by atoms with E-state index < -0.39 is 0 Å².